The zero-order chi connectivity index (χ0) is 18.3. The Hall–Kier alpha value is -2.47. The van der Waals surface area contributed by atoms with Crippen LogP contribution in [0.3, 0.4) is 0 Å². The smallest absolute Gasteiger partial charge is 0.321 e. The molecule has 0 aliphatic carbocycles. The summed E-state index contributed by atoms with van der Waals surface area (Å²) in [5.41, 5.74) is 7.00. The monoisotopic (exact) mass is 356 g/mol. The summed E-state index contributed by atoms with van der Waals surface area (Å²) in [7, 11) is 0. The Morgan fingerprint density at radius 2 is 2.12 bits per heavy atom. The van der Waals surface area contributed by atoms with E-state index in [-0.39, 0.29) is 12.1 Å². The van der Waals surface area contributed by atoms with Crippen LogP contribution >= 0.6 is 11.8 Å². The second-order valence-electron chi connectivity index (χ2n) is 6.09. The number of hydrogen-bond acceptors (Lipinski definition) is 4. The number of amides is 2. The summed E-state index contributed by atoms with van der Waals surface area (Å²) in [6.07, 6.45) is 6.86. The molecule has 4 N–H and O–H groups in total. The molecule has 0 saturated heterocycles. The van der Waals surface area contributed by atoms with Gasteiger partial charge in [0.25, 0.3) is 0 Å². The van der Waals surface area contributed by atoms with Crippen LogP contribution in [0.4, 0.5) is 4.79 Å². The lowest BCUT2D eigenvalue weighted by atomic mass is 9.95. The number of aliphatic imine (C=N–C) groups is 1. The molecule has 1 unspecified atom stereocenters. The predicted octanol–water partition coefficient (Wildman–Crippen LogP) is 3.28. The van der Waals surface area contributed by atoms with Gasteiger partial charge in [-0.1, -0.05) is 60.8 Å². The number of carbonyl (C=O) groups is 1. The molecule has 2 rings (SSSR count). The number of nitrogens with zero attached hydrogens (tertiary/aromatic N) is 1. The van der Waals surface area contributed by atoms with Gasteiger partial charge in [-0.05, 0) is 37.3 Å². The third-order valence-corrected chi connectivity index (χ3v) is 4.74. The van der Waals surface area contributed by atoms with Crippen molar-refractivity contribution in [3.8, 4) is 0 Å². The molecule has 25 heavy (non-hydrogen) atoms. The third-order valence-electron chi connectivity index (χ3n) is 3.78. The molecule has 6 heteroatoms. The Balaban J connectivity index is 2.00. The average molecular weight is 356 g/mol. The Bertz CT molecular complexity index is 707. The van der Waals surface area contributed by atoms with Crippen molar-refractivity contribution < 1.29 is 4.79 Å². The molecular weight excluding hydrogens is 332 g/mol. The van der Waals surface area contributed by atoms with Crippen LogP contribution < -0.4 is 16.4 Å². The number of thioether (sulfide) groups is 1. The van der Waals surface area contributed by atoms with E-state index in [0.717, 1.165) is 16.9 Å². The van der Waals surface area contributed by atoms with Crippen molar-refractivity contribution in [2.24, 2.45) is 10.7 Å². The molecular formula is C19H24N4OS. The molecule has 1 aliphatic heterocycles. The number of nitrogens with two attached hydrogens (primary N) is 1. The Kier molecular flexibility index (Phi) is 6.47. The van der Waals surface area contributed by atoms with Gasteiger partial charge in [-0.3, -0.25) is 10.3 Å². The lowest BCUT2D eigenvalue weighted by Gasteiger charge is -2.26. The van der Waals surface area contributed by atoms with E-state index in [0.29, 0.717) is 5.17 Å². The van der Waals surface area contributed by atoms with Gasteiger partial charge in [0.15, 0.2) is 5.17 Å². The topological polar surface area (TPSA) is 79.5 Å². The number of rotatable bonds is 5. The number of allylic oxidation sites excluding steroid dienone is 2. The molecule has 0 saturated carbocycles. The highest BCUT2D eigenvalue weighted by atomic mass is 32.2. The van der Waals surface area contributed by atoms with E-state index < -0.39 is 5.54 Å². The zero-order valence-electron chi connectivity index (χ0n) is 14.5. The van der Waals surface area contributed by atoms with Gasteiger partial charge in [-0.15, -0.1) is 0 Å². The summed E-state index contributed by atoms with van der Waals surface area (Å²) in [5, 5.41) is 6.42. The molecule has 0 spiro atoms. The van der Waals surface area contributed by atoms with Crippen molar-refractivity contribution >= 4 is 23.0 Å². The second kappa shape index (κ2) is 8.58. The second-order valence-corrected chi connectivity index (χ2v) is 7.10. The van der Waals surface area contributed by atoms with Gasteiger partial charge in [0.05, 0.1) is 11.6 Å². The van der Waals surface area contributed by atoms with Gasteiger partial charge in [0, 0.05) is 5.75 Å². The van der Waals surface area contributed by atoms with E-state index in [1.165, 1.54) is 18.0 Å². The van der Waals surface area contributed by atoms with Gasteiger partial charge in [-0.25, -0.2) is 4.79 Å². The van der Waals surface area contributed by atoms with E-state index in [4.69, 9.17) is 5.73 Å². The van der Waals surface area contributed by atoms with Crippen molar-refractivity contribution in [2.45, 2.75) is 25.4 Å². The minimum Gasteiger partial charge on any atom is -0.405 e. The molecule has 0 fully saturated rings. The Morgan fingerprint density at radius 3 is 2.76 bits per heavy atom. The first-order valence-electron chi connectivity index (χ1n) is 8.02. The van der Waals surface area contributed by atoms with Gasteiger partial charge in [-0.2, -0.15) is 0 Å². The van der Waals surface area contributed by atoms with Crippen LogP contribution in [0.25, 0.3) is 0 Å². The van der Waals surface area contributed by atoms with Crippen LogP contribution in [0.1, 0.15) is 19.4 Å². The summed E-state index contributed by atoms with van der Waals surface area (Å²) < 4.78 is 0. The van der Waals surface area contributed by atoms with Crippen molar-refractivity contribution in [3.63, 3.8) is 0 Å². The lowest BCUT2D eigenvalue weighted by molar-refractivity contribution is 0.235. The summed E-state index contributed by atoms with van der Waals surface area (Å²) in [4.78, 5) is 16.9. The highest BCUT2D eigenvalue weighted by molar-refractivity contribution is 8.14. The summed E-state index contributed by atoms with van der Waals surface area (Å²) in [6, 6.07) is 9.53. The maximum Gasteiger partial charge on any atom is 0.321 e. The standard InChI is InChI=1S/C19H24N4OS/c1-4-8-14(11-12-20)16-13-25-18(21-16)22-17(24)23-19(2,3)15-9-6-5-7-10-15/h4-12,16H,1,13,20H2,2-3H3,(H2,21,22,23,24)/b12-11-,14-8+. The largest absolute Gasteiger partial charge is 0.405 e. The number of carbonyl (C=O) groups excluding carboxylic acids is 1. The molecule has 2 amide bonds. The molecule has 0 radical (unpaired) electrons. The Morgan fingerprint density at radius 1 is 1.40 bits per heavy atom. The van der Waals surface area contributed by atoms with Gasteiger partial charge < -0.3 is 11.1 Å². The molecule has 5 nitrogen and oxygen atoms in total. The van der Waals surface area contributed by atoms with Crippen LogP contribution in [-0.4, -0.2) is 23.0 Å². The molecule has 0 bridgehead atoms. The quantitative estimate of drug-likeness (QED) is 0.708. The van der Waals surface area contributed by atoms with Crippen molar-refractivity contribution in [2.75, 3.05) is 5.75 Å². The molecule has 1 aromatic carbocycles. The molecule has 1 heterocycles. The highest BCUT2D eigenvalue weighted by Gasteiger charge is 2.25. The van der Waals surface area contributed by atoms with E-state index in [9.17, 15) is 4.79 Å². The average Bonchev–Trinajstić information content (AvgIpc) is 3.03. The fraction of sp³-hybridized carbons (Fsp3) is 0.263. The Labute approximate surface area is 153 Å². The number of nitrogens with one attached hydrogen (secondary N) is 2. The highest BCUT2D eigenvalue weighted by Crippen LogP contribution is 2.23. The van der Waals surface area contributed by atoms with E-state index in [2.05, 4.69) is 22.2 Å². The van der Waals surface area contributed by atoms with Gasteiger partial charge >= 0.3 is 6.03 Å². The maximum absolute atomic E-state index is 12.3. The zero-order valence-corrected chi connectivity index (χ0v) is 15.3. The van der Waals surface area contributed by atoms with Crippen LogP contribution in [-0.2, 0) is 5.54 Å². The molecule has 132 valence electrons. The van der Waals surface area contributed by atoms with Crippen LogP contribution in [0.2, 0.25) is 0 Å². The van der Waals surface area contributed by atoms with Gasteiger partial charge in [0.2, 0.25) is 0 Å². The normalized spacial score (nSPS) is 18.1. The predicted molar refractivity (Wildman–Crippen MR) is 106 cm³/mol. The lowest BCUT2D eigenvalue weighted by Crippen LogP contribution is -2.47. The number of hydrogen-bond donors (Lipinski definition) is 3. The molecule has 1 aromatic rings. The number of urea groups is 1. The fourth-order valence-electron chi connectivity index (χ4n) is 2.48. The first-order valence-corrected chi connectivity index (χ1v) is 9.01. The van der Waals surface area contributed by atoms with Crippen LogP contribution in [0, 0.1) is 0 Å². The minimum absolute atomic E-state index is 0.0415. The minimum atomic E-state index is -0.481. The first kappa shape index (κ1) is 18.9. The van der Waals surface area contributed by atoms with E-state index in [1.807, 2.05) is 50.3 Å². The third kappa shape index (κ3) is 5.26. The van der Waals surface area contributed by atoms with Crippen molar-refractivity contribution in [3.05, 3.63) is 72.5 Å². The van der Waals surface area contributed by atoms with Crippen molar-refractivity contribution in [1.82, 2.24) is 10.6 Å². The van der Waals surface area contributed by atoms with Crippen LogP contribution in [0.5, 0.6) is 0 Å². The summed E-state index contributed by atoms with van der Waals surface area (Å²) in [6.45, 7) is 7.63. The summed E-state index contributed by atoms with van der Waals surface area (Å²) in [5.74, 6) is 0.752. The SMILES string of the molecule is C=C/C=C(\C=C/N)C1CSC(NC(=O)NC(C)(C)c2ccccc2)=N1. The fourth-order valence-corrected chi connectivity index (χ4v) is 3.43. The maximum atomic E-state index is 12.3. The molecule has 1 atom stereocenters. The van der Waals surface area contributed by atoms with E-state index >= 15 is 0 Å². The first-order chi connectivity index (χ1) is 12.0. The van der Waals surface area contributed by atoms with Crippen LogP contribution in [0.15, 0.2) is 71.9 Å². The number of amidine groups is 1. The van der Waals surface area contributed by atoms with Crippen molar-refractivity contribution in [1.29, 1.82) is 0 Å². The number of benzene rings is 1. The van der Waals surface area contributed by atoms with E-state index in [1.54, 1.807) is 12.2 Å². The van der Waals surface area contributed by atoms with Gasteiger partial charge in [0.1, 0.15) is 0 Å². The molecule has 1 aliphatic rings. The molecule has 0 aromatic heterocycles. The summed E-state index contributed by atoms with van der Waals surface area (Å²) >= 11 is 1.51.